The SMILES string of the molecule is Cc1ccc(NS(=O)(=O)c2cc(-c3nc(C)c(C(=O)N4CCCCC4)s3)cs2)cc1C. The smallest absolute Gasteiger partial charge is 0.271 e. The number of likely N-dealkylation sites (tertiary alicyclic amines) is 1. The molecule has 0 unspecified atom stereocenters. The van der Waals surface area contributed by atoms with Crippen molar-refractivity contribution >= 4 is 44.3 Å². The summed E-state index contributed by atoms with van der Waals surface area (Å²) >= 11 is 2.49. The highest BCUT2D eigenvalue weighted by atomic mass is 32.2. The van der Waals surface area contributed by atoms with Crippen LogP contribution in [0.15, 0.2) is 33.9 Å². The predicted molar refractivity (Wildman–Crippen MR) is 127 cm³/mol. The van der Waals surface area contributed by atoms with E-state index in [4.69, 9.17) is 0 Å². The first-order valence-electron chi connectivity index (χ1n) is 10.2. The van der Waals surface area contributed by atoms with E-state index in [0.29, 0.717) is 21.3 Å². The lowest BCUT2D eigenvalue weighted by molar-refractivity contribution is 0.0728. The van der Waals surface area contributed by atoms with Crippen LogP contribution in [-0.2, 0) is 10.0 Å². The summed E-state index contributed by atoms with van der Waals surface area (Å²) in [5.74, 6) is 0.0282. The standard InChI is InChI=1S/C22H25N3O3S3/c1-14-7-8-18(11-15(14)2)24-31(27,28)19-12-17(13-29-19)21-23-16(3)20(30-21)22(26)25-9-5-4-6-10-25/h7-8,11-13,24H,4-6,9-10H2,1-3H3. The van der Waals surface area contributed by atoms with Crippen molar-refractivity contribution in [1.29, 1.82) is 0 Å². The van der Waals surface area contributed by atoms with Crippen LogP contribution < -0.4 is 4.72 Å². The molecule has 0 aliphatic carbocycles. The number of carbonyl (C=O) groups is 1. The Balaban J connectivity index is 1.55. The highest BCUT2D eigenvalue weighted by Gasteiger charge is 2.24. The van der Waals surface area contributed by atoms with Crippen molar-refractivity contribution in [2.75, 3.05) is 17.8 Å². The van der Waals surface area contributed by atoms with E-state index < -0.39 is 10.0 Å². The molecule has 2 aromatic heterocycles. The average molecular weight is 476 g/mol. The van der Waals surface area contributed by atoms with E-state index in [1.54, 1.807) is 17.5 Å². The number of nitrogens with one attached hydrogen (secondary N) is 1. The summed E-state index contributed by atoms with van der Waals surface area (Å²) in [6, 6.07) is 7.11. The summed E-state index contributed by atoms with van der Waals surface area (Å²) in [5, 5.41) is 2.45. The third-order valence-corrected chi connectivity index (χ3v) is 9.50. The molecular formula is C22H25N3O3S3. The number of benzene rings is 1. The molecule has 3 heterocycles. The summed E-state index contributed by atoms with van der Waals surface area (Å²) < 4.78 is 28.6. The number of anilines is 1. The Morgan fingerprint density at radius 3 is 2.52 bits per heavy atom. The van der Waals surface area contributed by atoms with Crippen LogP contribution >= 0.6 is 22.7 Å². The molecule has 6 nitrogen and oxygen atoms in total. The number of rotatable bonds is 5. The first-order valence-corrected chi connectivity index (χ1v) is 13.4. The Bertz CT molecular complexity index is 1220. The van der Waals surface area contributed by atoms with Crippen molar-refractivity contribution in [3.8, 4) is 10.6 Å². The van der Waals surface area contributed by atoms with E-state index in [1.165, 1.54) is 17.8 Å². The van der Waals surface area contributed by atoms with Crippen LogP contribution in [0.25, 0.3) is 10.6 Å². The Kier molecular flexibility index (Phi) is 6.18. The van der Waals surface area contributed by atoms with Crippen LogP contribution in [0.3, 0.4) is 0 Å². The zero-order valence-electron chi connectivity index (χ0n) is 17.8. The molecule has 4 rings (SSSR count). The number of hydrogen-bond acceptors (Lipinski definition) is 6. The van der Waals surface area contributed by atoms with Gasteiger partial charge in [0, 0.05) is 29.7 Å². The van der Waals surface area contributed by atoms with E-state index in [1.807, 2.05) is 37.8 Å². The molecule has 3 aromatic rings. The highest BCUT2D eigenvalue weighted by molar-refractivity contribution is 7.94. The Morgan fingerprint density at radius 2 is 1.81 bits per heavy atom. The molecular weight excluding hydrogens is 450 g/mol. The van der Waals surface area contributed by atoms with E-state index in [-0.39, 0.29) is 10.1 Å². The molecule has 1 saturated heterocycles. The van der Waals surface area contributed by atoms with Gasteiger partial charge in [-0.15, -0.1) is 22.7 Å². The second kappa shape index (κ2) is 8.72. The van der Waals surface area contributed by atoms with Crippen molar-refractivity contribution < 1.29 is 13.2 Å². The molecule has 1 amide bonds. The molecule has 31 heavy (non-hydrogen) atoms. The van der Waals surface area contributed by atoms with E-state index in [0.717, 1.165) is 54.0 Å². The average Bonchev–Trinajstić information content (AvgIpc) is 3.38. The Hall–Kier alpha value is -2.23. The molecule has 1 N–H and O–H groups in total. The van der Waals surface area contributed by atoms with Gasteiger partial charge in [0.15, 0.2) is 0 Å². The Labute approximate surface area is 191 Å². The number of sulfonamides is 1. The largest absolute Gasteiger partial charge is 0.338 e. The first kappa shape index (κ1) is 22.0. The first-order chi connectivity index (χ1) is 14.7. The minimum absolute atomic E-state index is 0.0282. The number of carbonyl (C=O) groups excluding carboxylic acids is 1. The number of aryl methyl sites for hydroxylation is 3. The second-order valence-corrected chi connectivity index (χ2v) is 11.7. The molecule has 0 spiro atoms. The number of amides is 1. The fourth-order valence-corrected chi connectivity index (χ4v) is 6.85. The van der Waals surface area contributed by atoms with Crippen molar-refractivity contribution in [2.45, 2.75) is 44.2 Å². The fourth-order valence-electron chi connectivity index (χ4n) is 3.54. The van der Waals surface area contributed by atoms with Gasteiger partial charge < -0.3 is 4.90 Å². The minimum atomic E-state index is -3.70. The lowest BCUT2D eigenvalue weighted by atomic mass is 10.1. The Morgan fingerprint density at radius 1 is 1.06 bits per heavy atom. The van der Waals surface area contributed by atoms with Gasteiger partial charge in [-0.3, -0.25) is 9.52 Å². The molecule has 0 atom stereocenters. The maximum atomic E-state index is 12.9. The molecule has 0 radical (unpaired) electrons. The van der Waals surface area contributed by atoms with Crippen LogP contribution in [0.1, 0.15) is 45.8 Å². The maximum Gasteiger partial charge on any atom is 0.271 e. The highest BCUT2D eigenvalue weighted by Crippen LogP contribution is 2.34. The lowest BCUT2D eigenvalue weighted by Gasteiger charge is -2.26. The molecule has 9 heteroatoms. The number of hydrogen-bond donors (Lipinski definition) is 1. The van der Waals surface area contributed by atoms with Gasteiger partial charge in [-0.1, -0.05) is 6.07 Å². The summed E-state index contributed by atoms with van der Waals surface area (Å²) in [5.41, 5.74) is 4.08. The topological polar surface area (TPSA) is 79.4 Å². The van der Waals surface area contributed by atoms with E-state index in [9.17, 15) is 13.2 Å². The predicted octanol–water partition coefficient (Wildman–Crippen LogP) is 5.22. The number of thiophene rings is 1. The normalized spacial score (nSPS) is 14.6. The van der Waals surface area contributed by atoms with Crippen LogP contribution in [0, 0.1) is 20.8 Å². The molecule has 1 aliphatic heterocycles. The van der Waals surface area contributed by atoms with Crippen LogP contribution in [0.5, 0.6) is 0 Å². The zero-order valence-corrected chi connectivity index (χ0v) is 20.2. The van der Waals surface area contributed by atoms with Gasteiger partial charge in [-0.25, -0.2) is 13.4 Å². The molecule has 1 aliphatic rings. The fraction of sp³-hybridized carbons (Fsp3) is 0.364. The summed E-state index contributed by atoms with van der Waals surface area (Å²) in [6.45, 7) is 7.35. The molecule has 164 valence electrons. The minimum Gasteiger partial charge on any atom is -0.338 e. The van der Waals surface area contributed by atoms with Crippen molar-refractivity contribution in [3.05, 3.63) is 51.3 Å². The van der Waals surface area contributed by atoms with Crippen LogP contribution in [-0.4, -0.2) is 37.3 Å². The van der Waals surface area contributed by atoms with Gasteiger partial charge in [-0.2, -0.15) is 0 Å². The van der Waals surface area contributed by atoms with Crippen LogP contribution in [0.4, 0.5) is 5.69 Å². The number of thiazole rings is 1. The monoisotopic (exact) mass is 475 g/mol. The number of piperidine rings is 1. The molecule has 1 aromatic carbocycles. The number of aromatic nitrogens is 1. The van der Waals surface area contributed by atoms with Gasteiger partial charge in [-0.05, 0) is 69.4 Å². The second-order valence-electron chi connectivity index (χ2n) is 7.85. The van der Waals surface area contributed by atoms with E-state index >= 15 is 0 Å². The van der Waals surface area contributed by atoms with Gasteiger partial charge in [0.05, 0.1) is 5.69 Å². The van der Waals surface area contributed by atoms with E-state index in [2.05, 4.69) is 9.71 Å². The van der Waals surface area contributed by atoms with Gasteiger partial charge in [0.2, 0.25) is 0 Å². The lowest BCUT2D eigenvalue weighted by Crippen LogP contribution is -2.35. The number of nitrogens with zero attached hydrogens (tertiary/aromatic N) is 2. The molecule has 0 bridgehead atoms. The van der Waals surface area contributed by atoms with Gasteiger partial charge in [0.25, 0.3) is 15.9 Å². The summed E-state index contributed by atoms with van der Waals surface area (Å²) in [4.78, 5) is 20.0. The van der Waals surface area contributed by atoms with Crippen molar-refractivity contribution in [1.82, 2.24) is 9.88 Å². The third-order valence-electron chi connectivity index (χ3n) is 5.48. The van der Waals surface area contributed by atoms with Crippen molar-refractivity contribution in [3.63, 3.8) is 0 Å². The third kappa shape index (κ3) is 4.68. The van der Waals surface area contributed by atoms with Crippen molar-refractivity contribution in [2.24, 2.45) is 0 Å². The zero-order chi connectivity index (χ0) is 22.2. The summed E-state index contributed by atoms with van der Waals surface area (Å²) in [7, 11) is -3.70. The summed E-state index contributed by atoms with van der Waals surface area (Å²) in [6.07, 6.45) is 3.24. The van der Waals surface area contributed by atoms with Crippen LogP contribution in [0.2, 0.25) is 0 Å². The van der Waals surface area contributed by atoms with Gasteiger partial charge in [0.1, 0.15) is 14.1 Å². The van der Waals surface area contributed by atoms with Gasteiger partial charge >= 0.3 is 0 Å². The molecule has 1 fully saturated rings. The quantitative estimate of drug-likeness (QED) is 0.548. The maximum absolute atomic E-state index is 12.9. The molecule has 0 saturated carbocycles.